The van der Waals surface area contributed by atoms with E-state index in [0.717, 1.165) is 0 Å². The first-order valence-electron chi connectivity index (χ1n) is 6.37. The van der Waals surface area contributed by atoms with Crippen molar-refractivity contribution in [2.75, 3.05) is 5.43 Å². The predicted octanol–water partition coefficient (Wildman–Crippen LogP) is 3.16. The van der Waals surface area contributed by atoms with E-state index in [1.54, 1.807) is 30.3 Å². The Kier molecular flexibility index (Phi) is 3.84. The van der Waals surface area contributed by atoms with E-state index in [1.807, 2.05) is 0 Å². The summed E-state index contributed by atoms with van der Waals surface area (Å²) < 4.78 is 13.6. The number of hydrazone groups is 1. The van der Waals surface area contributed by atoms with E-state index in [9.17, 15) is 9.18 Å². The number of fused-ring (bicyclic) bond motifs is 1. The van der Waals surface area contributed by atoms with Gasteiger partial charge >= 0.3 is 0 Å². The van der Waals surface area contributed by atoms with Crippen LogP contribution in [0.15, 0.2) is 52.4 Å². The Balaban J connectivity index is 1.89. The van der Waals surface area contributed by atoms with Crippen molar-refractivity contribution in [3.63, 3.8) is 0 Å². The Morgan fingerprint density at radius 1 is 1.23 bits per heavy atom. The second kappa shape index (κ2) is 5.95. The molecule has 0 fully saturated rings. The van der Waals surface area contributed by atoms with Crippen molar-refractivity contribution in [3.8, 4) is 0 Å². The van der Waals surface area contributed by atoms with Gasteiger partial charge in [-0.25, -0.2) is 9.37 Å². The van der Waals surface area contributed by atoms with E-state index >= 15 is 0 Å². The van der Waals surface area contributed by atoms with Gasteiger partial charge in [-0.1, -0.05) is 29.8 Å². The molecular weight excluding hydrogens is 307 g/mol. The van der Waals surface area contributed by atoms with Crippen molar-refractivity contribution >= 4 is 34.7 Å². The van der Waals surface area contributed by atoms with Crippen LogP contribution in [0.1, 0.15) is 5.56 Å². The van der Waals surface area contributed by atoms with Crippen molar-refractivity contribution in [2.24, 2.45) is 5.10 Å². The summed E-state index contributed by atoms with van der Waals surface area (Å²) >= 11 is 5.88. The van der Waals surface area contributed by atoms with Gasteiger partial charge in [0.05, 0.1) is 22.3 Å². The highest BCUT2D eigenvalue weighted by molar-refractivity contribution is 6.33. The van der Waals surface area contributed by atoms with Gasteiger partial charge in [-0.05, 0) is 24.3 Å². The number of nitrogens with one attached hydrogen (secondary N) is 2. The van der Waals surface area contributed by atoms with Gasteiger partial charge in [0.25, 0.3) is 5.56 Å². The molecule has 3 rings (SSSR count). The van der Waals surface area contributed by atoms with Gasteiger partial charge in [-0.2, -0.15) is 5.10 Å². The summed E-state index contributed by atoms with van der Waals surface area (Å²) in [6, 6.07) is 11.4. The molecular formula is C15H10ClFN4O. The largest absolute Gasteiger partial charge is 0.317 e. The lowest BCUT2D eigenvalue weighted by Gasteiger charge is -2.02. The van der Waals surface area contributed by atoms with Crippen LogP contribution >= 0.6 is 11.6 Å². The fourth-order valence-corrected chi connectivity index (χ4v) is 2.11. The standard InChI is InChI=1S/C15H10ClFN4O/c16-10-4-3-5-11(17)9(10)8-18-21-14-15(22)20-13-7-2-1-6-12(13)19-14/h1-8H,(H,19,21)(H,20,22)/b18-8+. The summed E-state index contributed by atoms with van der Waals surface area (Å²) in [6.45, 7) is 0. The Morgan fingerprint density at radius 3 is 2.86 bits per heavy atom. The summed E-state index contributed by atoms with van der Waals surface area (Å²) in [6.07, 6.45) is 1.20. The summed E-state index contributed by atoms with van der Waals surface area (Å²) in [5.41, 5.74) is 3.45. The molecule has 1 aromatic heterocycles. The van der Waals surface area contributed by atoms with E-state index < -0.39 is 11.4 Å². The first-order chi connectivity index (χ1) is 10.6. The Labute approximate surface area is 129 Å². The molecule has 0 aliphatic rings. The zero-order valence-corrected chi connectivity index (χ0v) is 11.9. The number of rotatable bonds is 3. The molecule has 0 saturated carbocycles. The van der Waals surface area contributed by atoms with Gasteiger partial charge < -0.3 is 4.98 Å². The number of hydrogen-bond acceptors (Lipinski definition) is 4. The molecule has 0 aliphatic carbocycles. The van der Waals surface area contributed by atoms with Crippen LogP contribution < -0.4 is 11.0 Å². The quantitative estimate of drug-likeness (QED) is 0.576. The van der Waals surface area contributed by atoms with Gasteiger partial charge in [-0.3, -0.25) is 10.2 Å². The highest BCUT2D eigenvalue weighted by Crippen LogP contribution is 2.16. The minimum absolute atomic E-state index is 0.0161. The number of anilines is 1. The van der Waals surface area contributed by atoms with Crippen LogP contribution in [0.4, 0.5) is 10.2 Å². The van der Waals surface area contributed by atoms with Crippen LogP contribution in [-0.4, -0.2) is 16.2 Å². The summed E-state index contributed by atoms with van der Waals surface area (Å²) in [4.78, 5) is 18.7. The molecule has 1 heterocycles. The number of aromatic nitrogens is 2. The topological polar surface area (TPSA) is 70.1 Å². The third-order valence-electron chi connectivity index (χ3n) is 2.96. The van der Waals surface area contributed by atoms with Crippen molar-refractivity contribution in [2.45, 2.75) is 0 Å². The monoisotopic (exact) mass is 316 g/mol. The maximum Gasteiger partial charge on any atom is 0.293 e. The normalized spacial score (nSPS) is 11.2. The molecule has 0 spiro atoms. The summed E-state index contributed by atoms with van der Waals surface area (Å²) in [5.74, 6) is -0.485. The second-order valence-electron chi connectivity index (χ2n) is 4.44. The van der Waals surface area contributed by atoms with E-state index in [-0.39, 0.29) is 16.4 Å². The lowest BCUT2D eigenvalue weighted by molar-refractivity contribution is 0.626. The first kappa shape index (κ1) is 14.2. The minimum Gasteiger partial charge on any atom is -0.317 e. The van der Waals surface area contributed by atoms with Gasteiger partial charge in [0.2, 0.25) is 5.82 Å². The fourth-order valence-electron chi connectivity index (χ4n) is 1.90. The van der Waals surface area contributed by atoms with E-state index in [2.05, 4.69) is 20.5 Å². The average molecular weight is 317 g/mol. The average Bonchev–Trinajstić information content (AvgIpc) is 2.50. The highest BCUT2D eigenvalue weighted by atomic mass is 35.5. The first-order valence-corrected chi connectivity index (χ1v) is 6.75. The highest BCUT2D eigenvalue weighted by Gasteiger charge is 2.05. The molecule has 110 valence electrons. The number of halogens is 2. The number of benzene rings is 2. The summed E-state index contributed by atoms with van der Waals surface area (Å²) in [5, 5.41) is 4.05. The smallest absolute Gasteiger partial charge is 0.293 e. The van der Waals surface area contributed by atoms with Gasteiger partial charge in [-0.15, -0.1) is 0 Å². The SMILES string of the molecule is O=c1[nH]c2ccccc2nc1N/N=C/c1c(F)cccc1Cl. The molecule has 0 atom stereocenters. The lowest BCUT2D eigenvalue weighted by Crippen LogP contribution is -2.13. The van der Waals surface area contributed by atoms with Gasteiger partial charge in [0.15, 0.2) is 0 Å². The van der Waals surface area contributed by atoms with Crippen molar-refractivity contribution in [3.05, 3.63) is 69.2 Å². The number of nitrogens with zero attached hydrogens (tertiary/aromatic N) is 2. The second-order valence-corrected chi connectivity index (χ2v) is 4.84. The van der Waals surface area contributed by atoms with Gasteiger partial charge in [0.1, 0.15) is 5.82 Å². The predicted molar refractivity (Wildman–Crippen MR) is 85.0 cm³/mol. The van der Waals surface area contributed by atoms with Crippen LogP contribution in [-0.2, 0) is 0 Å². The zero-order chi connectivity index (χ0) is 15.5. The molecule has 5 nitrogen and oxygen atoms in total. The zero-order valence-electron chi connectivity index (χ0n) is 11.2. The Bertz CT molecular complexity index is 903. The Morgan fingerprint density at radius 2 is 2.05 bits per heavy atom. The molecule has 2 aromatic carbocycles. The van der Waals surface area contributed by atoms with Crippen molar-refractivity contribution in [1.29, 1.82) is 0 Å². The van der Waals surface area contributed by atoms with Crippen LogP contribution in [0.5, 0.6) is 0 Å². The molecule has 7 heteroatoms. The number of hydrogen-bond donors (Lipinski definition) is 2. The van der Waals surface area contributed by atoms with Crippen LogP contribution in [0, 0.1) is 5.82 Å². The minimum atomic E-state index is -0.501. The van der Waals surface area contributed by atoms with E-state index in [1.165, 1.54) is 18.3 Å². The maximum absolute atomic E-state index is 13.6. The molecule has 0 amide bonds. The van der Waals surface area contributed by atoms with Crippen molar-refractivity contribution < 1.29 is 4.39 Å². The van der Waals surface area contributed by atoms with Gasteiger partial charge in [0, 0.05) is 5.56 Å². The van der Waals surface area contributed by atoms with E-state index in [0.29, 0.717) is 11.0 Å². The molecule has 22 heavy (non-hydrogen) atoms. The molecule has 0 radical (unpaired) electrons. The number of para-hydroxylation sites is 2. The molecule has 0 unspecified atom stereocenters. The molecule has 2 N–H and O–H groups in total. The van der Waals surface area contributed by atoms with E-state index in [4.69, 9.17) is 11.6 Å². The number of aromatic amines is 1. The van der Waals surface area contributed by atoms with Crippen LogP contribution in [0.2, 0.25) is 5.02 Å². The Hall–Kier alpha value is -2.73. The lowest BCUT2D eigenvalue weighted by atomic mass is 10.2. The molecule has 0 aliphatic heterocycles. The molecule has 0 saturated heterocycles. The number of H-pyrrole nitrogens is 1. The van der Waals surface area contributed by atoms with Crippen LogP contribution in [0.3, 0.4) is 0 Å². The third kappa shape index (κ3) is 2.82. The third-order valence-corrected chi connectivity index (χ3v) is 3.29. The van der Waals surface area contributed by atoms with Crippen LogP contribution in [0.25, 0.3) is 11.0 Å². The fraction of sp³-hybridized carbons (Fsp3) is 0. The molecule has 0 bridgehead atoms. The summed E-state index contributed by atoms with van der Waals surface area (Å²) in [7, 11) is 0. The van der Waals surface area contributed by atoms with Crippen molar-refractivity contribution in [1.82, 2.24) is 9.97 Å². The maximum atomic E-state index is 13.6. The molecule has 3 aromatic rings.